The quantitative estimate of drug-likeness (QED) is 0.0273. The second-order valence-corrected chi connectivity index (χ2v) is 13.2. The van der Waals surface area contributed by atoms with Crippen LogP contribution in [0.3, 0.4) is 0 Å². The zero-order valence-electron chi connectivity index (χ0n) is 25.2. The Hall–Kier alpha value is -2.12. The van der Waals surface area contributed by atoms with Crippen LogP contribution in [-0.2, 0) is 40.0 Å². The summed E-state index contributed by atoms with van der Waals surface area (Å²) in [5, 5.41) is 0. The molecule has 11 heteroatoms. The molecule has 0 aromatic heterocycles. The van der Waals surface area contributed by atoms with Crippen molar-refractivity contribution < 1.29 is 33.4 Å². The Morgan fingerprint density at radius 1 is 0.814 bits per heavy atom. The molecular weight excluding hydrogens is 617 g/mol. The highest BCUT2D eigenvalue weighted by Gasteiger charge is 2.27. The van der Waals surface area contributed by atoms with Crippen LogP contribution < -0.4 is 0 Å². The molecule has 0 aliphatic carbocycles. The first-order valence-corrected chi connectivity index (χ1v) is 16.5. The van der Waals surface area contributed by atoms with Gasteiger partial charge in [-0.1, -0.05) is 136 Å². The van der Waals surface area contributed by atoms with E-state index >= 15 is 0 Å². The van der Waals surface area contributed by atoms with Crippen LogP contribution in [-0.4, -0.2) is 46.5 Å². The molecule has 43 heavy (non-hydrogen) atoms. The van der Waals surface area contributed by atoms with Gasteiger partial charge in [0.2, 0.25) is 9.87 Å². The molecule has 0 spiro atoms. The predicted molar refractivity (Wildman–Crippen MR) is 169 cm³/mol. The van der Waals surface area contributed by atoms with Crippen molar-refractivity contribution in [2.75, 3.05) is 6.61 Å². The number of alkyl halides is 3. The number of esters is 3. The van der Waals surface area contributed by atoms with Crippen molar-refractivity contribution in [1.29, 1.82) is 0 Å². The Bertz CT molecular complexity index is 965. The van der Waals surface area contributed by atoms with Crippen LogP contribution >= 0.6 is 34.8 Å². The standard InChI is InChI=1S/C32H46Cl3NO7/c1-2-3-4-5-6-7-8-9-10-11-15-19-27(22-30(39)42-24-32(33,34)35)43-31(40)28(36-25-37)20-16-21-29(38)41-23-26-17-13-12-14-18-26/h12-14,17-18,27-28H,2-11,15-16,19-24H2,1H3/t27-,28-/m0/s1. The van der Waals surface area contributed by atoms with Crippen LogP contribution in [0.5, 0.6) is 0 Å². The van der Waals surface area contributed by atoms with Crippen molar-refractivity contribution in [3.05, 3.63) is 35.9 Å². The number of halogens is 3. The number of aliphatic imine (C=N–C) groups is 1. The molecule has 2 atom stereocenters. The fourth-order valence-corrected chi connectivity index (χ4v) is 4.60. The highest BCUT2D eigenvalue weighted by molar-refractivity contribution is 6.67. The van der Waals surface area contributed by atoms with Gasteiger partial charge >= 0.3 is 17.9 Å². The maximum Gasteiger partial charge on any atom is 0.332 e. The lowest BCUT2D eigenvalue weighted by Gasteiger charge is -2.20. The fourth-order valence-electron chi connectivity index (χ4n) is 4.44. The number of nitrogens with zero attached hydrogens (tertiary/aromatic N) is 1. The summed E-state index contributed by atoms with van der Waals surface area (Å²) in [6.07, 6.45) is 13.9. The van der Waals surface area contributed by atoms with Gasteiger partial charge in [-0.3, -0.25) is 9.59 Å². The van der Waals surface area contributed by atoms with Crippen molar-refractivity contribution in [3.63, 3.8) is 0 Å². The van der Waals surface area contributed by atoms with E-state index in [0.717, 1.165) is 31.2 Å². The van der Waals surface area contributed by atoms with Gasteiger partial charge in [0.15, 0.2) is 6.04 Å². The molecule has 0 bridgehead atoms. The van der Waals surface area contributed by atoms with Crippen molar-refractivity contribution in [2.24, 2.45) is 4.99 Å². The predicted octanol–water partition coefficient (Wildman–Crippen LogP) is 8.52. The summed E-state index contributed by atoms with van der Waals surface area (Å²) in [5.74, 6) is -1.89. The lowest BCUT2D eigenvalue weighted by molar-refractivity contribution is -0.157. The fraction of sp³-hybridized carbons (Fsp3) is 0.688. The molecule has 0 saturated heterocycles. The van der Waals surface area contributed by atoms with E-state index in [1.54, 1.807) is 0 Å². The summed E-state index contributed by atoms with van der Waals surface area (Å²) in [7, 11) is 0. The highest BCUT2D eigenvalue weighted by Crippen LogP contribution is 2.26. The zero-order chi connectivity index (χ0) is 31.8. The molecule has 8 nitrogen and oxygen atoms in total. The van der Waals surface area contributed by atoms with Crippen LogP contribution in [0, 0.1) is 0 Å². The molecule has 1 aromatic rings. The molecule has 1 rings (SSSR count). The lowest BCUT2D eigenvalue weighted by atomic mass is 10.0. The minimum atomic E-state index is -1.76. The Kier molecular flexibility index (Phi) is 21.9. The van der Waals surface area contributed by atoms with Crippen LogP contribution in [0.15, 0.2) is 35.3 Å². The van der Waals surface area contributed by atoms with Gasteiger partial charge in [-0.25, -0.2) is 9.59 Å². The molecule has 1 aromatic carbocycles. The number of hydrogen-bond acceptors (Lipinski definition) is 8. The van der Waals surface area contributed by atoms with Crippen molar-refractivity contribution >= 4 is 58.8 Å². The number of unbranched alkanes of at least 4 members (excludes halogenated alkanes) is 10. The topological polar surface area (TPSA) is 108 Å². The van der Waals surface area contributed by atoms with Crippen molar-refractivity contribution in [2.45, 2.75) is 132 Å². The molecule has 0 aliphatic heterocycles. The zero-order valence-corrected chi connectivity index (χ0v) is 27.5. The van der Waals surface area contributed by atoms with Crippen LogP contribution in [0.25, 0.3) is 0 Å². The number of rotatable bonds is 24. The van der Waals surface area contributed by atoms with Gasteiger partial charge in [0.1, 0.15) is 19.3 Å². The molecule has 0 N–H and O–H groups in total. The van der Waals surface area contributed by atoms with E-state index in [1.807, 2.05) is 30.3 Å². The third kappa shape index (κ3) is 22.1. The summed E-state index contributed by atoms with van der Waals surface area (Å²) in [5.41, 5.74) is 0.860. The SMILES string of the molecule is CCCCCCCCCCCCC[C@@H](CC(=O)OCC(Cl)(Cl)Cl)OC(=O)[C@H](CCCC(=O)OCc1ccccc1)N=C=O. The summed E-state index contributed by atoms with van der Waals surface area (Å²) in [6.45, 7) is 1.92. The van der Waals surface area contributed by atoms with E-state index in [2.05, 4.69) is 11.9 Å². The lowest BCUT2D eigenvalue weighted by Crippen LogP contribution is -2.30. The summed E-state index contributed by atoms with van der Waals surface area (Å²) >= 11 is 17.0. The molecule has 242 valence electrons. The van der Waals surface area contributed by atoms with E-state index in [1.165, 1.54) is 51.0 Å². The van der Waals surface area contributed by atoms with Gasteiger partial charge in [-0.2, -0.15) is 4.99 Å². The highest BCUT2D eigenvalue weighted by atomic mass is 35.6. The number of ether oxygens (including phenoxy) is 3. The molecule has 0 radical (unpaired) electrons. The minimum absolute atomic E-state index is 0.0382. The number of hydrogen-bond donors (Lipinski definition) is 0. The van der Waals surface area contributed by atoms with E-state index < -0.39 is 40.5 Å². The average molecular weight is 663 g/mol. The van der Waals surface area contributed by atoms with E-state index in [0.29, 0.717) is 6.42 Å². The van der Waals surface area contributed by atoms with Gasteiger partial charge in [-0.05, 0) is 31.2 Å². The minimum Gasteiger partial charge on any atom is -0.461 e. The van der Waals surface area contributed by atoms with Crippen LogP contribution in [0.2, 0.25) is 0 Å². The number of carbonyl (C=O) groups is 3. The Labute approximate surface area is 271 Å². The second-order valence-electron chi connectivity index (χ2n) is 10.6. The van der Waals surface area contributed by atoms with Crippen molar-refractivity contribution in [1.82, 2.24) is 0 Å². The van der Waals surface area contributed by atoms with Gasteiger partial charge in [-0.15, -0.1) is 0 Å². The summed E-state index contributed by atoms with van der Waals surface area (Å²) in [6, 6.07) is 8.10. The first kappa shape index (κ1) is 38.9. The summed E-state index contributed by atoms with van der Waals surface area (Å²) in [4.78, 5) is 52.0. The van der Waals surface area contributed by atoms with Gasteiger partial charge in [0.25, 0.3) is 0 Å². The second kappa shape index (κ2) is 24.2. The monoisotopic (exact) mass is 661 g/mol. The van der Waals surface area contributed by atoms with Crippen LogP contribution in [0.1, 0.15) is 115 Å². The van der Waals surface area contributed by atoms with E-state index in [-0.39, 0.29) is 32.3 Å². The Morgan fingerprint density at radius 2 is 1.42 bits per heavy atom. The third-order valence-corrected chi connectivity index (χ3v) is 7.11. The molecule has 0 aliphatic rings. The molecule has 0 saturated carbocycles. The first-order chi connectivity index (χ1) is 20.6. The van der Waals surface area contributed by atoms with Crippen LogP contribution in [0.4, 0.5) is 0 Å². The van der Waals surface area contributed by atoms with Crippen molar-refractivity contribution in [3.8, 4) is 0 Å². The van der Waals surface area contributed by atoms with E-state index in [4.69, 9.17) is 49.0 Å². The third-order valence-electron chi connectivity index (χ3n) is 6.79. The first-order valence-electron chi connectivity index (χ1n) is 15.3. The Balaban J connectivity index is 2.54. The van der Waals surface area contributed by atoms with Gasteiger partial charge in [0.05, 0.1) is 6.42 Å². The Morgan fingerprint density at radius 3 is 2.00 bits per heavy atom. The number of isocyanates is 1. The molecule has 0 unspecified atom stereocenters. The van der Waals surface area contributed by atoms with Gasteiger partial charge < -0.3 is 14.2 Å². The number of carbonyl (C=O) groups excluding carboxylic acids is 4. The number of benzene rings is 1. The normalized spacial score (nSPS) is 12.6. The maximum atomic E-state index is 12.9. The largest absolute Gasteiger partial charge is 0.461 e. The maximum absolute atomic E-state index is 12.9. The summed E-state index contributed by atoms with van der Waals surface area (Å²) < 4.78 is 14.1. The molecule has 0 amide bonds. The van der Waals surface area contributed by atoms with E-state index in [9.17, 15) is 19.2 Å². The smallest absolute Gasteiger partial charge is 0.332 e. The molecular formula is C32H46Cl3NO7. The molecule has 0 fully saturated rings. The average Bonchev–Trinajstić information content (AvgIpc) is 2.97. The molecule has 0 heterocycles. The van der Waals surface area contributed by atoms with Gasteiger partial charge in [0, 0.05) is 6.42 Å².